The molecule has 1 fully saturated rings. The maximum Gasteiger partial charge on any atom is 0.0926 e. The lowest BCUT2D eigenvalue weighted by molar-refractivity contribution is -0.0573. The summed E-state index contributed by atoms with van der Waals surface area (Å²) in [6.07, 6.45) is -1.15. The van der Waals surface area contributed by atoms with Crippen molar-refractivity contribution in [1.82, 2.24) is 5.32 Å². The Labute approximate surface area is 83.7 Å². The molecular formula is C9H19NO4. The number of methoxy groups -OCH3 is 1. The summed E-state index contributed by atoms with van der Waals surface area (Å²) in [6.45, 7) is 1.02. The third-order valence-corrected chi connectivity index (χ3v) is 2.74. The third kappa shape index (κ3) is 2.90. The van der Waals surface area contributed by atoms with Gasteiger partial charge in [0.2, 0.25) is 0 Å². The van der Waals surface area contributed by atoms with Gasteiger partial charge in [0, 0.05) is 26.1 Å². The number of β-amino-alcohol motifs (C(OH)–C–C–N with tert-alkyl or cyclic N) is 1. The number of piperidine rings is 1. The average molecular weight is 205 g/mol. The highest BCUT2D eigenvalue weighted by Crippen LogP contribution is 2.18. The second kappa shape index (κ2) is 5.63. The Hall–Kier alpha value is -0.200. The summed E-state index contributed by atoms with van der Waals surface area (Å²) in [5.41, 5.74) is 0. The fraction of sp³-hybridized carbons (Fsp3) is 1.00. The minimum Gasteiger partial charge on any atom is -0.394 e. The minimum absolute atomic E-state index is 0.0594. The maximum atomic E-state index is 9.65. The van der Waals surface area contributed by atoms with Crippen molar-refractivity contribution in [2.75, 3.05) is 26.8 Å². The molecule has 0 bridgehead atoms. The SMILES string of the molecule is COC(CO)C[C@@H]1CNC[C@@H](O)[C@@H]1O. The molecular weight excluding hydrogens is 186 g/mol. The Kier molecular flexibility index (Phi) is 4.77. The number of aliphatic hydroxyl groups is 3. The maximum absolute atomic E-state index is 9.65. The normalized spacial score (nSPS) is 35.6. The zero-order valence-corrected chi connectivity index (χ0v) is 8.39. The van der Waals surface area contributed by atoms with Crippen LogP contribution in [0.1, 0.15) is 6.42 Å². The van der Waals surface area contributed by atoms with Gasteiger partial charge in [-0.3, -0.25) is 0 Å². The van der Waals surface area contributed by atoms with Crippen molar-refractivity contribution in [3.8, 4) is 0 Å². The van der Waals surface area contributed by atoms with Crippen molar-refractivity contribution >= 4 is 0 Å². The van der Waals surface area contributed by atoms with Gasteiger partial charge in [-0.05, 0) is 6.42 Å². The van der Waals surface area contributed by atoms with E-state index in [1.165, 1.54) is 7.11 Å². The monoisotopic (exact) mass is 205 g/mol. The van der Waals surface area contributed by atoms with E-state index >= 15 is 0 Å². The van der Waals surface area contributed by atoms with Gasteiger partial charge in [0.25, 0.3) is 0 Å². The smallest absolute Gasteiger partial charge is 0.0926 e. The number of ether oxygens (including phenoxy) is 1. The molecule has 1 saturated heterocycles. The van der Waals surface area contributed by atoms with E-state index in [4.69, 9.17) is 9.84 Å². The van der Waals surface area contributed by atoms with Gasteiger partial charge in [-0.25, -0.2) is 0 Å². The Morgan fingerprint density at radius 3 is 2.71 bits per heavy atom. The number of nitrogens with one attached hydrogen (secondary N) is 1. The van der Waals surface area contributed by atoms with Crippen LogP contribution in [0.4, 0.5) is 0 Å². The van der Waals surface area contributed by atoms with Gasteiger partial charge >= 0.3 is 0 Å². The van der Waals surface area contributed by atoms with Gasteiger partial charge in [0.05, 0.1) is 24.9 Å². The molecule has 1 rings (SSSR count). The van der Waals surface area contributed by atoms with Crippen molar-refractivity contribution in [3.05, 3.63) is 0 Å². The second-order valence-corrected chi connectivity index (χ2v) is 3.75. The molecule has 14 heavy (non-hydrogen) atoms. The first kappa shape index (κ1) is 11.9. The quantitative estimate of drug-likeness (QED) is 0.441. The lowest BCUT2D eigenvalue weighted by Gasteiger charge is -2.33. The largest absolute Gasteiger partial charge is 0.394 e. The predicted molar refractivity (Wildman–Crippen MR) is 50.9 cm³/mol. The molecule has 0 aliphatic carbocycles. The highest BCUT2D eigenvalue weighted by molar-refractivity contribution is 4.85. The van der Waals surface area contributed by atoms with Crippen molar-refractivity contribution in [1.29, 1.82) is 0 Å². The van der Waals surface area contributed by atoms with Crippen LogP contribution in [-0.4, -0.2) is 60.4 Å². The molecule has 4 N–H and O–H groups in total. The average Bonchev–Trinajstić information content (AvgIpc) is 2.20. The van der Waals surface area contributed by atoms with Crippen LogP contribution in [0.5, 0.6) is 0 Å². The van der Waals surface area contributed by atoms with E-state index in [9.17, 15) is 10.2 Å². The van der Waals surface area contributed by atoms with Crippen LogP contribution in [0.25, 0.3) is 0 Å². The number of hydrogen-bond acceptors (Lipinski definition) is 5. The van der Waals surface area contributed by atoms with Crippen LogP contribution in [0, 0.1) is 5.92 Å². The number of hydrogen-bond donors (Lipinski definition) is 4. The summed E-state index contributed by atoms with van der Waals surface area (Å²) in [7, 11) is 1.53. The zero-order valence-electron chi connectivity index (χ0n) is 8.39. The summed E-state index contributed by atoms with van der Waals surface area (Å²) in [4.78, 5) is 0. The first-order valence-corrected chi connectivity index (χ1v) is 4.89. The van der Waals surface area contributed by atoms with E-state index in [0.29, 0.717) is 19.5 Å². The summed E-state index contributed by atoms with van der Waals surface area (Å²) in [6, 6.07) is 0. The molecule has 0 amide bonds. The molecule has 1 aliphatic rings. The van der Waals surface area contributed by atoms with Crippen molar-refractivity contribution in [2.45, 2.75) is 24.7 Å². The van der Waals surface area contributed by atoms with E-state index in [1.807, 2.05) is 0 Å². The molecule has 5 heteroatoms. The molecule has 1 aliphatic heterocycles. The fourth-order valence-electron chi connectivity index (χ4n) is 1.78. The van der Waals surface area contributed by atoms with Crippen molar-refractivity contribution < 1.29 is 20.1 Å². The first-order valence-electron chi connectivity index (χ1n) is 4.89. The Balaban J connectivity index is 2.41. The van der Waals surface area contributed by atoms with Gasteiger partial charge in [0.1, 0.15) is 0 Å². The van der Waals surface area contributed by atoms with E-state index in [1.54, 1.807) is 0 Å². The van der Waals surface area contributed by atoms with Gasteiger partial charge < -0.3 is 25.4 Å². The Morgan fingerprint density at radius 1 is 1.43 bits per heavy atom. The molecule has 0 spiro atoms. The lowest BCUT2D eigenvalue weighted by Crippen LogP contribution is -2.51. The molecule has 84 valence electrons. The minimum atomic E-state index is -0.722. The highest BCUT2D eigenvalue weighted by atomic mass is 16.5. The number of rotatable bonds is 4. The van der Waals surface area contributed by atoms with E-state index in [2.05, 4.69) is 5.32 Å². The van der Waals surface area contributed by atoms with Crippen LogP contribution in [0.2, 0.25) is 0 Å². The van der Waals surface area contributed by atoms with Gasteiger partial charge in [-0.15, -0.1) is 0 Å². The molecule has 0 aromatic heterocycles. The highest BCUT2D eigenvalue weighted by Gasteiger charge is 2.31. The number of aliphatic hydroxyl groups excluding tert-OH is 3. The molecule has 1 unspecified atom stereocenters. The summed E-state index contributed by atoms with van der Waals surface area (Å²) in [5, 5.41) is 31.0. The summed E-state index contributed by atoms with van der Waals surface area (Å²) >= 11 is 0. The predicted octanol–water partition coefficient (Wildman–Crippen LogP) is -1.67. The van der Waals surface area contributed by atoms with E-state index in [-0.39, 0.29) is 18.6 Å². The third-order valence-electron chi connectivity index (χ3n) is 2.74. The molecule has 5 nitrogen and oxygen atoms in total. The topological polar surface area (TPSA) is 82.0 Å². The second-order valence-electron chi connectivity index (χ2n) is 3.75. The van der Waals surface area contributed by atoms with Crippen LogP contribution in [-0.2, 0) is 4.74 Å². The van der Waals surface area contributed by atoms with Gasteiger partial charge in [-0.2, -0.15) is 0 Å². The molecule has 0 aromatic rings. The zero-order chi connectivity index (χ0) is 10.6. The molecule has 0 radical (unpaired) electrons. The van der Waals surface area contributed by atoms with Gasteiger partial charge in [-0.1, -0.05) is 0 Å². The summed E-state index contributed by atoms with van der Waals surface area (Å²) < 4.78 is 5.02. The standard InChI is InChI=1S/C9H19NO4/c1-14-7(5-11)2-6-3-10-4-8(12)9(6)13/h6-13H,2-5H2,1H3/t6-,7?,8-,9-/m1/s1. The molecule has 4 atom stereocenters. The first-order chi connectivity index (χ1) is 6.69. The Morgan fingerprint density at radius 2 is 2.14 bits per heavy atom. The van der Waals surface area contributed by atoms with Crippen LogP contribution in [0.3, 0.4) is 0 Å². The van der Waals surface area contributed by atoms with Gasteiger partial charge in [0.15, 0.2) is 0 Å². The fourth-order valence-corrected chi connectivity index (χ4v) is 1.78. The molecule has 1 heterocycles. The molecule has 0 aromatic carbocycles. The Bertz CT molecular complexity index is 163. The summed E-state index contributed by atoms with van der Waals surface area (Å²) in [5.74, 6) is -0.0594. The van der Waals surface area contributed by atoms with Crippen molar-refractivity contribution in [3.63, 3.8) is 0 Å². The molecule has 0 saturated carbocycles. The van der Waals surface area contributed by atoms with Crippen LogP contribution in [0.15, 0.2) is 0 Å². The lowest BCUT2D eigenvalue weighted by atomic mass is 9.89. The van der Waals surface area contributed by atoms with Crippen LogP contribution >= 0.6 is 0 Å². The van der Waals surface area contributed by atoms with Crippen molar-refractivity contribution in [2.24, 2.45) is 5.92 Å². The van der Waals surface area contributed by atoms with E-state index in [0.717, 1.165) is 0 Å². The van der Waals surface area contributed by atoms with Crippen LogP contribution < -0.4 is 5.32 Å². The van der Waals surface area contributed by atoms with E-state index < -0.39 is 12.2 Å².